The Hall–Kier alpha value is -0.870. The van der Waals surface area contributed by atoms with Gasteiger partial charge in [0.15, 0.2) is 0 Å². The molecule has 1 saturated heterocycles. The zero-order valence-corrected chi connectivity index (χ0v) is 13.9. The van der Waals surface area contributed by atoms with Gasteiger partial charge >= 0.3 is 5.97 Å². The maximum Gasteiger partial charge on any atom is 0.324 e. The second-order valence-electron chi connectivity index (χ2n) is 6.57. The highest BCUT2D eigenvalue weighted by Gasteiger charge is 2.55. The standard InChI is InChI=1S/C16H22BrNO2/c1-15(2,3)16(14(19)20)9-4-10-18(16)11-12-5-7-13(17)8-6-12/h5-8H,4,9-11H2,1-3H3,(H,19,20). The molecule has 110 valence electrons. The van der Waals surface area contributed by atoms with Gasteiger partial charge in [-0.15, -0.1) is 0 Å². The molecule has 2 rings (SSSR count). The first-order valence-corrected chi connectivity index (χ1v) is 7.79. The average molecular weight is 340 g/mol. The zero-order chi connectivity index (χ0) is 15.0. The Balaban J connectivity index is 2.30. The molecule has 1 aromatic rings. The molecule has 4 heteroatoms. The molecule has 1 aliphatic heterocycles. The summed E-state index contributed by atoms with van der Waals surface area (Å²) < 4.78 is 1.04. The number of carboxylic acid groups (broad SMARTS) is 1. The second kappa shape index (κ2) is 5.49. The summed E-state index contributed by atoms with van der Waals surface area (Å²) in [4.78, 5) is 14.1. The number of nitrogens with zero attached hydrogens (tertiary/aromatic N) is 1. The van der Waals surface area contributed by atoms with Crippen molar-refractivity contribution < 1.29 is 9.90 Å². The van der Waals surface area contributed by atoms with Crippen LogP contribution in [0.2, 0.25) is 0 Å². The van der Waals surface area contributed by atoms with Gasteiger partial charge in [0, 0.05) is 11.0 Å². The smallest absolute Gasteiger partial charge is 0.324 e. The van der Waals surface area contributed by atoms with Crippen molar-refractivity contribution in [3.8, 4) is 0 Å². The number of likely N-dealkylation sites (tertiary alicyclic amines) is 1. The average Bonchev–Trinajstić information content (AvgIpc) is 2.76. The van der Waals surface area contributed by atoms with Gasteiger partial charge in [0.05, 0.1) is 0 Å². The van der Waals surface area contributed by atoms with E-state index in [1.807, 2.05) is 32.9 Å². The quantitative estimate of drug-likeness (QED) is 0.907. The van der Waals surface area contributed by atoms with Gasteiger partial charge in [-0.25, -0.2) is 0 Å². The number of hydrogen-bond donors (Lipinski definition) is 1. The van der Waals surface area contributed by atoms with Crippen LogP contribution in [0.25, 0.3) is 0 Å². The van der Waals surface area contributed by atoms with E-state index in [2.05, 4.69) is 33.0 Å². The first-order valence-electron chi connectivity index (χ1n) is 7.00. The second-order valence-corrected chi connectivity index (χ2v) is 7.48. The summed E-state index contributed by atoms with van der Waals surface area (Å²) in [6.07, 6.45) is 1.67. The maximum atomic E-state index is 12.0. The zero-order valence-electron chi connectivity index (χ0n) is 12.3. The lowest BCUT2D eigenvalue weighted by atomic mass is 9.71. The fourth-order valence-electron chi connectivity index (χ4n) is 3.31. The molecule has 1 heterocycles. The number of benzene rings is 1. The number of rotatable bonds is 3. The molecule has 1 aromatic carbocycles. The molecular formula is C16H22BrNO2. The topological polar surface area (TPSA) is 40.5 Å². The van der Waals surface area contributed by atoms with E-state index in [0.717, 1.165) is 29.4 Å². The molecule has 1 N–H and O–H groups in total. The van der Waals surface area contributed by atoms with Crippen LogP contribution < -0.4 is 0 Å². The van der Waals surface area contributed by atoms with E-state index in [4.69, 9.17) is 0 Å². The molecule has 0 radical (unpaired) electrons. The van der Waals surface area contributed by atoms with E-state index < -0.39 is 11.5 Å². The van der Waals surface area contributed by atoms with Crippen LogP contribution in [0.3, 0.4) is 0 Å². The van der Waals surface area contributed by atoms with Gasteiger partial charge in [-0.3, -0.25) is 9.69 Å². The highest BCUT2D eigenvalue weighted by molar-refractivity contribution is 9.10. The predicted octanol–water partition coefficient (Wildman–Crippen LogP) is 3.91. The molecule has 1 fully saturated rings. The van der Waals surface area contributed by atoms with Gasteiger partial charge in [-0.1, -0.05) is 48.8 Å². The van der Waals surface area contributed by atoms with E-state index in [0.29, 0.717) is 6.54 Å². The number of carbonyl (C=O) groups is 1. The van der Waals surface area contributed by atoms with Crippen LogP contribution in [0.1, 0.15) is 39.2 Å². The molecule has 0 spiro atoms. The maximum absolute atomic E-state index is 12.0. The summed E-state index contributed by atoms with van der Waals surface area (Å²) in [5.74, 6) is -0.695. The largest absolute Gasteiger partial charge is 0.480 e. The van der Waals surface area contributed by atoms with Crippen molar-refractivity contribution in [3.63, 3.8) is 0 Å². The van der Waals surface area contributed by atoms with Crippen molar-refractivity contribution in [1.82, 2.24) is 4.90 Å². The normalized spacial score (nSPS) is 24.0. The summed E-state index contributed by atoms with van der Waals surface area (Å²) in [5, 5.41) is 9.84. The van der Waals surface area contributed by atoms with E-state index in [-0.39, 0.29) is 5.41 Å². The number of carboxylic acids is 1. The minimum absolute atomic E-state index is 0.287. The van der Waals surface area contributed by atoms with Crippen LogP contribution in [0.4, 0.5) is 0 Å². The molecular weight excluding hydrogens is 318 g/mol. The van der Waals surface area contributed by atoms with E-state index in [1.165, 1.54) is 0 Å². The van der Waals surface area contributed by atoms with Crippen LogP contribution in [-0.4, -0.2) is 28.1 Å². The van der Waals surface area contributed by atoms with E-state index in [9.17, 15) is 9.90 Å². The Morgan fingerprint density at radius 3 is 2.45 bits per heavy atom. The Bertz CT molecular complexity index is 492. The molecule has 3 nitrogen and oxygen atoms in total. The fraction of sp³-hybridized carbons (Fsp3) is 0.562. The molecule has 1 atom stereocenters. The Morgan fingerprint density at radius 2 is 1.95 bits per heavy atom. The third-order valence-electron chi connectivity index (χ3n) is 4.39. The minimum atomic E-state index is -0.764. The Kier molecular flexibility index (Phi) is 4.26. The molecule has 0 saturated carbocycles. The summed E-state index contributed by atoms with van der Waals surface area (Å²) in [7, 11) is 0. The molecule has 0 aliphatic carbocycles. The third kappa shape index (κ3) is 2.63. The SMILES string of the molecule is CC(C)(C)C1(C(=O)O)CCCN1Cc1ccc(Br)cc1. The number of hydrogen-bond acceptors (Lipinski definition) is 2. The highest BCUT2D eigenvalue weighted by atomic mass is 79.9. The molecule has 0 amide bonds. The van der Waals surface area contributed by atoms with Gasteiger partial charge in [-0.05, 0) is 42.5 Å². The van der Waals surface area contributed by atoms with Crippen molar-refractivity contribution in [2.45, 2.75) is 45.7 Å². The first-order chi connectivity index (χ1) is 9.27. The van der Waals surface area contributed by atoms with Crippen molar-refractivity contribution in [3.05, 3.63) is 34.3 Å². The van der Waals surface area contributed by atoms with Crippen LogP contribution in [0.15, 0.2) is 28.7 Å². The van der Waals surface area contributed by atoms with Crippen LogP contribution >= 0.6 is 15.9 Å². The molecule has 0 bridgehead atoms. The van der Waals surface area contributed by atoms with Gasteiger partial charge in [0.1, 0.15) is 5.54 Å². The summed E-state index contributed by atoms with van der Waals surface area (Å²) in [6, 6.07) is 8.12. The Morgan fingerprint density at radius 1 is 1.35 bits per heavy atom. The fourth-order valence-corrected chi connectivity index (χ4v) is 3.58. The summed E-state index contributed by atoms with van der Waals surface area (Å²) in [6.45, 7) is 7.62. The van der Waals surface area contributed by atoms with E-state index >= 15 is 0 Å². The van der Waals surface area contributed by atoms with Gasteiger partial charge < -0.3 is 5.11 Å². The van der Waals surface area contributed by atoms with Crippen molar-refractivity contribution in [1.29, 1.82) is 0 Å². The minimum Gasteiger partial charge on any atom is -0.480 e. The first kappa shape index (κ1) is 15.5. The van der Waals surface area contributed by atoms with Crippen LogP contribution in [-0.2, 0) is 11.3 Å². The predicted molar refractivity (Wildman–Crippen MR) is 83.6 cm³/mol. The van der Waals surface area contributed by atoms with Crippen LogP contribution in [0, 0.1) is 5.41 Å². The Labute approximate surface area is 129 Å². The monoisotopic (exact) mass is 339 g/mol. The number of halogens is 1. The lowest BCUT2D eigenvalue weighted by Gasteiger charge is -2.44. The van der Waals surface area contributed by atoms with Crippen molar-refractivity contribution >= 4 is 21.9 Å². The van der Waals surface area contributed by atoms with Gasteiger partial charge in [-0.2, -0.15) is 0 Å². The molecule has 0 aromatic heterocycles. The van der Waals surface area contributed by atoms with Crippen molar-refractivity contribution in [2.75, 3.05) is 6.54 Å². The van der Waals surface area contributed by atoms with Crippen LogP contribution in [0.5, 0.6) is 0 Å². The van der Waals surface area contributed by atoms with Gasteiger partial charge in [0.2, 0.25) is 0 Å². The van der Waals surface area contributed by atoms with Crippen molar-refractivity contribution in [2.24, 2.45) is 5.41 Å². The highest BCUT2D eigenvalue weighted by Crippen LogP contribution is 2.44. The lowest BCUT2D eigenvalue weighted by Crippen LogP contribution is -2.58. The molecule has 1 aliphatic rings. The summed E-state index contributed by atoms with van der Waals surface area (Å²) in [5.41, 5.74) is 0.107. The lowest BCUT2D eigenvalue weighted by molar-refractivity contribution is -0.158. The molecule has 20 heavy (non-hydrogen) atoms. The van der Waals surface area contributed by atoms with Gasteiger partial charge in [0.25, 0.3) is 0 Å². The number of aliphatic carboxylic acids is 1. The van der Waals surface area contributed by atoms with E-state index in [1.54, 1.807) is 0 Å². The summed E-state index contributed by atoms with van der Waals surface area (Å²) >= 11 is 3.43. The third-order valence-corrected chi connectivity index (χ3v) is 4.92. The molecule has 1 unspecified atom stereocenters.